The third kappa shape index (κ3) is 6.24. The molecule has 0 radical (unpaired) electrons. The van der Waals surface area contributed by atoms with Crippen molar-refractivity contribution in [1.82, 2.24) is 4.98 Å². The Morgan fingerprint density at radius 2 is 1.37 bits per heavy atom. The summed E-state index contributed by atoms with van der Waals surface area (Å²) in [6, 6.07) is 4.19. The van der Waals surface area contributed by atoms with Crippen molar-refractivity contribution in [3.05, 3.63) is 86.4 Å². The zero-order valence-electron chi connectivity index (χ0n) is 19.3. The van der Waals surface area contributed by atoms with Crippen LogP contribution in [0.1, 0.15) is 31.8 Å². The highest BCUT2D eigenvalue weighted by atomic mass is 79.9. The van der Waals surface area contributed by atoms with Gasteiger partial charge in [0.25, 0.3) is 11.8 Å². The second kappa shape index (κ2) is 11.1. The third-order valence-corrected chi connectivity index (χ3v) is 6.24. The Morgan fingerprint density at radius 1 is 0.805 bits per heavy atom. The van der Waals surface area contributed by atoms with E-state index < -0.39 is 80.4 Å². The van der Waals surface area contributed by atoms with Gasteiger partial charge in [0, 0.05) is 16.2 Å². The Morgan fingerprint density at radius 3 is 1.90 bits per heavy atom. The monoisotopic (exact) mass is 683 g/mol. The number of hydrogen-bond donors (Lipinski definition) is 2. The number of anilines is 2. The molecule has 0 aliphatic carbocycles. The minimum Gasteiger partial charge on any atom is -0.320 e. The number of benzene rings is 2. The van der Waals surface area contributed by atoms with Crippen LogP contribution in [0, 0.1) is 5.82 Å². The SMILES string of the molecule is O=C(Nc1cccc(C(=O)Nc2c(Br)cc(C(F)(C(F)(F)F)C(F)(F)F)cc2C(F)(F)F)c1F)c1cccnc1Cl. The van der Waals surface area contributed by atoms with Gasteiger partial charge in [-0.15, -0.1) is 0 Å². The Bertz CT molecular complexity index is 1490. The molecule has 1 aromatic heterocycles. The zero-order chi connectivity index (χ0) is 31.1. The van der Waals surface area contributed by atoms with Gasteiger partial charge in [-0.2, -0.15) is 39.5 Å². The molecular weight excluding hydrogens is 675 g/mol. The lowest BCUT2D eigenvalue weighted by Crippen LogP contribution is -2.50. The van der Waals surface area contributed by atoms with E-state index in [0.717, 1.165) is 18.2 Å². The summed E-state index contributed by atoms with van der Waals surface area (Å²) in [5, 5.41) is 3.33. The first-order valence-electron chi connectivity index (χ1n) is 10.5. The normalized spacial score (nSPS) is 12.7. The number of amides is 2. The number of aromatic nitrogens is 1. The standard InChI is InChI=1S/C23H10BrClF11N3O2/c24-13-8-9(20(27,22(31,32)33)23(34,35)36)7-12(21(28,29)30)16(13)39-18(40)10-3-1-5-14(15(10)26)38-19(41)11-4-2-6-37-17(11)25/h1-8H,(H,38,41)(H,39,40). The smallest absolute Gasteiger partial charge is 0.320 e. The van der Waals surface area contributed by atoms with Crippen LogP contribution in [0.15, 0.2) is 53.1 Å². The molecule has 0 aliphatic rings. The molecule has 2 N–H and O–H groups in total. The molecule has 2 aromatic carbocycles. The summed E-state index contributed by atoms with van der Waals surface area (Å²) in [5.41, 5.74) is -14.4. The summed E-state index contributed by atoms with van der Waals surface area (Å²) in [6.07, 6.45) is -18.0. The van der Waals surface area contributed by atoms with Crippen LogP contribution in [0.25, 0.3) is 0 Å². The third-order valence-electron chi connectivity index (χ3n) is 5.31. The van der Waals surface area contributed by atoms with E-state index in [1.807, 2.05) is 0 Å². The average Bonchev–Trinajstić information content (AvgIpc) is 2.83. The van der Waals surface area contributed by atoms with Crippen molar-refractivity contribution in [1.29, 1.82) is 0 Å². The molecule has 0 unspecified atom stereocenters. The predicted octanol–water partition coefficient (Wildman–Crippen LogP) is 8.45. The van der Waals surface area contributed by atoms with E-state index >= 15 is 4.39 Å². The topological polar surface area (TPSA) is 71.1 Å². The Hall–Kier alpha value is -3.47. The molecule has 0 aliphatic heterocycles. The van der Waals surface area contributed by atoms with Crippen molar-refractivity contribution in [3.63, 3.8) is 0 Å². The maximum atomic E-state index is 15.1. The molecule has 0 saturated carbocycles. The fourth-order valence-corrected chi connectivity index (χ4v) is 4.14. The molecule has 5 nitrogen and oxygen atoms in total. The first-order valence-corrected chi connectivity index (χ1v) is 11.6. The van der Waals surface area contributed by atoms with Crippen molar-refractivity contribution in [2.75, 3.05) is 10.6 Å². The summed E-state index contributed by atoms with van der Waals surface area (Å²) in [4.78, 5) is 28.7. The molecule has 41 heavy (non-hydrogen) atoms. The maximum absolute atomic E-state index is 15.1. The summed E-state index contributed by atoms with van der Waals surface area (Å²) in [6.45, 7) is 0. The molecule has 0 spiro atoms. The van der Waals surface area contributed by atoms with Gasteiger partial charge >= 0.3 is 24.2 Å². The van der Waals surface area contributed by atoms with Crippen LogP contribution in [0.3, 0.4) is 0 Å². The van der Waals surface area contributed by atoms with Gasteiger partial charge in [0.05, 0.1) is 28.1 Å². The molecule has 0 saturated heterocycles. The molecule has 0 fully saturated rings. The van der Waals surface area contributed by atoms with Crippen LogP contribution >= 0.6 is 27.5 Å². The summed E-state index contributed by atoms with van der Waals surface area (Å²) >= 11 is 8.11. The van der Waals surface area contributed by atoms with Crippen molar-refractivity contribution in [3.8, 4) is 0 Å². The fourth-order valence-electron chi connectivity index (χ4n) is 3.37. The quantitative estimate of drug-likeness (QED) is 0.209. The van der Waals surface area contributed by atoms with Gasteiger partial charge in [0.2, 0.25) is 0 Å². The fraction of sp³-hybridized carbons (Fsp3) is 0.174. The molecular formula is C23H10BrClF11N3O2. The highest BCUT2D eigenvalue weighted by Crippen LogP contribution is 2.55. The molecule has 220 valence electrons. The highest BCUT2D eigenvalue weighted by Gasteiger charge is 2.73. The maximum Gasteiger partial charge on any atom is 0.435 e. The van der Waals surface area contributed by atoms with Crippen molar-refractivity contribution < 1.29 is 57.9 Å². The van der Waals surface area contributed by atoms with E-state index in [0.29, 0.717) is 0 Å². The van der Waals surface area contributed by atoms with Crippen molar-refractivity contribution >= 4 is 50.7 Å². The van der Waals surface area contributed by atoms with Crippen LogP contribution in [0.5, 0.6) is 0 Å². The molecule has 2 amide bonds. The van der Waals surface area contributed by atoms with Crippen LogP contribution in [-0.2, 0) is 11.8 Å². The van der Waals surface area contributed by atoms with Gasteiger partial charge in [-0.25, -0.2) is 13.8 Å². The van der Waals surface area contributed by atoms with Crippen LogP contribution in [0.2, 0.25) is 5.15 Å². The summed E-state index contributed by atoms with van der Waals surface area (Å²) in [7, 11) is 0. The molecule has 0 bridgehead atoms. The van der Waals surface area contributed by atoms with E-state index in [4.69, 9.17) is 11.6 Å². The molecule has 0 atom stereocenters. The van der Waals surface area contributed by atoms with Gasteiger partial charge in [0.1, 0.15) is 5.15 Å². The number of hydrogen-bond acceptors (Lipinski definition) is 3. The number of carbonyl (C=O) groups excluding carboxylic acids is 2. The summed E-state index contributed by atoms with van der Waals surface area (Å²) < 4.78 is 148. The van der Waals surface area contributed by atoms with Gasteiger partial charge in [-0.1, -0.05) is 17.7 Å². The number of alkyl halides is 10. The second-order valence-corrected chi connectivity index (χ2v) is 9.16. The first-order chi connectivity index (χ1) is 18.7. The highest BCUT2D eigenvalue weighted by molar-refractivity contribution is 9.10. The van der Waals surface area contributed by atoms with Gasteiger partial charge < -0.3 is 10.6 Å². The minimum absolute atomic E-state index is 0.219. The number of rotatable bonds is 5. The zero-order valence-corrected chi connectivity index (χ0v) is 21.6. The summed E-state index contributed by atoms with van der Waals surface area (Å²) in [5.74, 6) is -4.16. The Labute approximate surface area is 234 Å². The lowest BCUT2D eigenvalue weighted by Gasteiger charge is -2.31. The van der Waals surface area contributed by atoms with Gasteiger partial charge in [0.15, 0.2) is 5.82 Å². The molecule has 3 rings (SSSR count). The van der Waals surface area contributed by atoms with E-state index in [2.05, 4.69) is 26.2 Å². The number of carbonyl (C=O) groups is 2. The molecule has 18 heteroatoms. The van der Waals surface area contributed by atoms with E-state index in [1.54, 1.807) is 5.32 Å². The van der Waals surface area contributed by atoms with E-state index in [9.17, 15) is 53.5 Å². The van der Waals surface area contributed by atoms with Crippen LogP contribution in [-0.4, -0.2) is 29.2 Å². The predicted molar refractivity (Wildman–Crippen MR) is 126 cm³/mol. The van der Waals surface area contributed by atoms with Gasteiger partial charge in [-0.05, 0) is 52.3 Å². The second-order valence-electron chi connectivity index (χ2n) is 7.95. The Balaban J connectivity index is 2.05. The first kappa shape index (κ1) is 32.0. The Kier molecular flexibility index (Phi) is 8.66. The number of nitrogens with zero attached hydrogens (tertiary/aromatic N) is 1. The largest absolute Gasteiger partial charge is 0.435 e. The van der Waals surface area contributed by atoms with E-state index in [1.165, 1.54) is 18.3 Å². The number of pyridine rings is 1. The van der Waals surface area contributed by atoms with Crippen LogP contribution in [0.4, 0.5) is 59.7 Å². The van der Waals surface area contributed by atoms with E-state index in [-0.39, 0.29) is 16.8 Å². The average molecular weight is 685 g/mol. The molecule has 1 heterocycles. The number of nitrogens with one attached hydrogen (secondary N) is 2. The minimum atomic E-state index is -6.73. The van der Waals surface area contributed by atoms with Crippen molar-refractivity contribution in [2.24, 2.45) is 0 Å². The lowest BCUT2D eigenvalue weighted by atomic mass is 9.92. The molecule has 3 aromatic rings. The van der Waals surface area contributed by atoms with Crippen LogP contribution < -0.4 is 10.6 Å². The lowest BCUT2D eigenvalue weighted by molar-refractivity contribution is -0.348. The van der Waals surface area contributed by atoms with Crippen molar-refractivity contribution in [2.45, 2.75) is 24.2 Å². The number of halogens is 13. The van der Waals surface area contributed by atoms with Gasteiger partial charge in [-0.3, -0.25) is 9.59 Å².